The van der Waals surface area contributed by atoms with E-state index < -0.39 is 0 Å². The van der Waals surface area contributed by atoms with Crippen molar-refractivity contribution in [1.82, 2.24) is 4.98 Å². The van der Waals surface area contributed by atoms with Crippen molar-refractivity contribution in [2.45, 2.75) is 0 Å². The third kappa shape index (κ3) is 3.44. The van der Waals surface area contributed by atoms with Gasteiger partial charge in [-0.15, -0.1) is 0 Å². The second-order valence-corrected chi connectivity index (χ2v) is 5.55. The van der Waals surface area contributed by atoms with Crippen molar-refractivity contribution in [3.8, 4) is 5.75 Å². The summed E-state index contributed by atoms with van der Waals surface area (Å²) in [5.41, 5.74) is 2.96. The maximum absolute atomic E-state index is 12.9. The molecule has 0 aliphatic rings. The molecule has 4 heteroatoms. The Morgan fingerprint density at radius 1 is 0.800 bits per heavy atom. The summed E-state index contributed by atoms with van der Waals surface area (Å²) >= 11 is 0. The maximum atomic E-state index is 12.9. The van der Waals surface area contributed by atoms with Gasteiger partial charge in [0.05, 0.1) is 16.6 Å². The molecule has 1 radical (unpaired) electrons. The molecule has 4 rings (SSSR count). The van der Waals surface area contributed by atoms with E-state index in [2.05, 4.69) is 11.9 Å². The standard InChI is InChI=1S/C21H14NO2.Y/c1-14-10-12-15(13-11-14)24-21(23)20-16-6-2-4-8-18(16)22-19-9-5-3-7-17(19)20;/h2-13H,1H2;/q-1;. The summed E-state index contributed by atoms with van der Waals surface area (Å²) in [6.07, 6.45) is 0. The van der Waals surface area contributed by atoms with Crippen LogP contribution in [0.2, 0.25) is 0 Å². The molecule has 0 saturated carbocycles. The number of para-hydroxylation sites is 2. The first-order valence-electron chi connectivity index (χ1n) is 7.64. The van der Waals surface area contributed by atoms with Crippen molar-refractivity contribution in [2.24, 2.45) is 0 Å². The van der Waals surface area contributed by atoms with Crippen molar-refractivity contribution in [1.29, 1.82) is 0 Å². The summed E-state index contributed by atoms with van der Waals surface area (Å²) in [7, 11) is 0. The van der Waals surface area contributed by atoms with Crippen LogP contribution in [-0.2, 0) is 32.7 Å². The van der Waals surface area contributed by atoms with Gasteiger partial charge in [-0.2, -0.15) is 24.6 Å². The van der Waals surface area contributed by atoms with Crippen LogP contribution in [0.25, 0.3) is 21.8 Å². The topological polar surface area (TPSA) is 39.2 Å². The monoisotopic (exact) mass is 401 g/mol. The Balaban J connectivity index is 0.00000182. The second kappa shape index (κ2) is 7.34. The third-order valence-corrected chi connectivity index (χ3v) is 3.93. The molecule has 4 aromatic rings. The maximum Gasteiger partial charge on any atom is 0.344 e. The Kier molecular flexibility index (Phi) is 5.17. The summed E-state index contributed by atoms with van der Waals surface area (Å²) in [5, 5.41) is 1.57. The zero-order chi connectivity index (χ0) is 16.5. The Morgan fingerprint density at radius 3 is 1.88 bits per heavy atom. The largest absolute Gasteiger partial charge is 0.425 e. The molecule has 0 aliphatic carbocycles. The van der Waals surface area contributed by atoms with Gasteiger partial charge in [-0.1, -0.05) is 48.5 Å². The van der Waals surface area contributed by atoms with Crippen molar-refractivity contribution in [3.63, 3.8) is 0 Å². The minimum Gasteiger partial charge on any atom is -0.425 e. The van der Waals surface area contributed by atoms with Crippen molar-refractivity contribution < 1.29 is 42.2 Å². The van der Waals surface area contributed by atoms with Gasteiger partial charge in [0, 0.05) is 43.5 Å². The smallest absolute Gasteiger partial charge is 0.344 e. The van der Waals surface area contributed by atoms with Crippen molar-refractivity contribution >= 4 is 27.8 Å². The molecule has 0 fully saturated rings. The van der Waals surface area contributed by atoms with Gasteiger partial charge < -0.3 is 4.74 Å². The molecular formula is C21H14NO2Y-. The summed E-state index contributed by atoms with van der Waals surface area (Å²) in [5.74, 6) is 0.110. The van der Waals surface area contributed by atoms with E-state index in [0.29, 0.717) is 11.3 Å². The zero-order valence-electron chi connectivity index (χ0n) is 13.5. The number of ether oxygens (including phenoxy) is 1. The number of benzene rings is 3. The van der Waals surface area contributed by atoms with E-state index >= 15 is 0 Å². The van der Waals surface area contributed by atoms with Gasteiger partial charge in [0.25, 0.3) is 0 Å². The fourth-order valence-electron chi connectivity index (χ4n) is 2.78. The first-order valence-corrected chi connectivity index (χ1v) is 7.64. The Morgan fingerprint density at radius 2 is 1.32 bits per heavy atom. The van der Waals surface area contributed by atoms with E-state index in [1.807, 2.05) is 60.7 Å². The molecular weight excluding hydrogens is 387 g/mol. The molecule has 1 heterocycles. The first kappa shape index (κ1) is 17.6. The molecule has 0 atom stereocenters. The van der Waals surface area contributed by atoms with Crippen LogP contribution < -0.4 is 4.74 Å². The number of carbonyl (C=O) groups excluding carboxylic acids is 1. The van der Waals surface area contributed by atoms with Crippen LogP contribution in [0.4, 0.5) is 0 Å². The Hall–Kier alpha value is -2.23. The number of aromatic nitrogens is 1. The summed E-state index contributed by atoms with van der Waals surface area (Å²) in [6.45, 7) is 3.83. The fraction of sp³-hybridized carbons (Fsp3) is 0. The van der Waals surface area contributed by atoms with Crippen LogP contribution in [0, 0.1) is 6.92 Å². The predicted molar refractivity (Wildman–Crippen MR) is 95.1 cm³/mol. The minimum absolute atomic E-state index is 0. The van der Waals surface area contributed by atoms with Crippen LogP contribution in [0.15, 0.2) is 72.8 Å². The fourth-order valence-corrected chi connectivity index (χ4v) is 2.78. The molecule has 25 heavy (non-hydrogen) atoms. The number of nitrogens with zero attached hydrogens (tertiary/aromatic N) is 1. The molecule has 0 spiro atoms. The van der Waals surface area contributed by atoms with Crippen molar-refractivity contribution in [3.05, 3.63) is 90.8 Å². The predicted octanol–water partition coefficient (Wildman–Crippen LogP) is 4.79. The van der Waals surface area contributed by atoms with E-state index in [1.54, 1.807) is 12.1 Å². The first-order chi connectivity index (χ1) is 11.7. The number of pyridine rings is 1. The minimum atomic E-state index is -0.387. The van der Waals surface area contributed by atoms with Gasteiger partial charge in [-0.05, 0) is 12.1 Å². The van der Waals surface area contributed by atoms with Crippen LogP contribution in [0.5, 0.6) is 5.75 Å². The number of hydrogen-bond acceptors (Lipinski definition) is 3. The molecule has 0 aliphatic heterocycles. The van der Waals surface area contributed by atoms with Gasteiger partial charge in [-0.3, -0.25) is 0 Å². The molecule has 0 saturated heterocycles. The summed E-state index contributed by atoms with van der Waals surface area (Å²) < 4.78 is 5.58. The van der Waals surface area contributed by atoms with Crippen LogP contribution in [0.1, 0.15) is 15.9 Å². The van der Waals surface area contributed by atoms with Crippen LogP contribution in [-0.4, -0.2) is 11.0 Å². The van der Waals surface area contributed by atoms with Crippen LogP contribution in [0.3, 0.4) is 0 Å². The van der Waals surface area contributed by atoms with E-state index in [4.69, 9.17) is 4.74 Å². The van der Waals surface area contributed by atoms with E-state index in [-0.39, 0.29) is 38.7 Å². The summed E-state index contributed by atoms with van der Waals surface area (Å²) in [4.78, 5) is 17.5. The van der Waals surface area contributed by atoms with Gasteiger partial charge in [0.1, 0.15) is 5.75 Å². The van der Waals surface area contributed by atoms with E-state index in [0.717, 1.165) is 27.4 Å². The van der Waals surface area contributed by atoms with Gasteiger partial charge in [0.2, 0.25) is 0 Å². The molecule has 1 aromatic heterocycles. The normalized spacial score (nSPS) is 10.4. The average Bonchev–Trinajstić information content (AvgIpc) is 2.61. The molecule has 0 unspecified atom stereocenters. The van der Waals surface area contributed by atoms with E-state index in [9.17, 15) is 4.79 Å². The number of esters is 1. The number of carbonyl (C=O) groups is 1. The van der Waals surface area contributed by atoms with Gasteiger partial charge in [0.15, 0.2) is 0 Å². The second-order valence-electron chi connectivity index (χ2n) is 5.55. The van der Waals surface area contributed by atoms with E-state index in [1.165, 1.54) is 0 Å². The Labute approximate surface area is 170 Å². The molecule has 0 N–H and O–H groups in total. The number of hydrogen-bond donors (Lipinski definition) is 0. The molecule has 3 aromatic carbocycles. The quantitative estimate of drug-likeness (QED) is 0.210. The SMILES string of the molecule is [CH2-]c1ccc(OC(=O)c2c3ccccc3nc3ccccc23)cc1.[Y]. The average molecular weight is 401 g/mol. The van der Waals surface area contributed by atoms with Crippen LogP contribution >= 0.6 is 0 Å². The van der Waals surface area contributed by atoms with Gasteiger partial charge in [-0.25, -0.2) is 9.78 Å². The third-order valence-electron chi connectivity index (χ3n) is 3.93. The number of fused-ring (bicyclic) bond motifs is 2. The van der Waals surface area contributed by atoms with Crippen molar-refractivity contribution in [2.75, 3.05) is 0 Å². The Bertz CT molecular complexity index is 1000. The zero-order valence-corrected chi connectivity index (χ0v) is 16.3. The molecule has 0 amide bonds. The molecule has 119 valence electrons. The van der Waals surface area contributed by atoms with Gasteiger partial charge >= 0.3 is 5.97 Å². The molecule has 3 nitrogen and oxygen atoms in total. The summed E-state index contributed by atoms with van der Waals surface area (Å²) in [6, 6.07) is 22.3. The number of rotatable bonds is 2. The molecule has 0 bridgehead atoms.